The minimum atomic E-state index is 0.728. The maximum atomic E-state index is 4.74. The van der Waals surface area contributed by atoms with Crippen LogP contribution in [-0.2, 0) is 6.42 Å². The van der Waals surface area contributed by atoms with E-state index in [4.69, 9.17) is 5.10 Å². The summed E-state index contributed by atoms with van der Waals surface area (Å²) in [4.78, 5) is 4.58. The number of hydrogen-bond donors (Lipinski definition) is 0. The maximum absolute atomic E-state index is 4.74. The third-order valence-corrected chi connectivity index (χ3v) is 4.67. The molecule has 1 aliphatic carbocycles. The molecule has 3 heterocycles. The van der Waals surface area contributed by atoms with Crippen LogP contribution >= 0.6 is 0 Å². The Bertz CT molecular complexity index is 1200. The highest BCUT2D eigenvalue weighted by atomic mass is 15.4. The van der Waals surface area contributed by atoms with Crippen LogP contribution in [0.1, 0.15) is 22.8 Å². The van der Waals surface area contributed by atoms with Gasteiger partial charge in [-0.05, 0) is 54.8 Å². The number of fused-ring (bicyclic) bond motifs is 2. The van der Waals surface area contributed by atoms with E-state index in [1.54, 1.807) is 4.52 Å². The second-order valence-corrected chi connectivity index (χ2v) is 6.64. The number of allylic oxidation sites excluding steroid dienone is 2. The first kappa shape index (κ1) is 15.6. The van der Waals surface area contributed by atoms with Crippen LogP contribution in [0.3, 0.4) is 0 Å². The standard InChI is InChI=1S/C22H17N5/c1-15-7-9-18-13-16(8-10-19(18)23-15)14-22-25-24-21-12-11-20(26-27(21)22)17-5-3-2-4-6-17/h2-12,14H,13H2,1H3. The fraction of sp³-hybridized carbons (Fsp3) is 0.0909. The summed E-state index contributed by atoms with van der Waals surface area (Å²) in [5, 5.41) is 13.3. The number of nitrogens with zero attached hydrogens (tertiary/aromatic N) is 5. The minimum Gasteiger partial charge on any atom is -0.253 e. The SMILES string of the molecule is Cc1ccc2c(n1)C=CC(=Cc1nnc3ccc(-c4ccccc4)nn13)C2. The first-order valence-corrected chi connectivity index (χ1v) is 8.89. The van der Waals surface area contributed by atoms with E-state index in [2.05, 4.69) is 39.5 Å². The molecule has 3 aromatic heterocycles. The molecular weight excluding hydrogens is 334 g/mol. The largest absolute Gasteiger partial charge is 0.253 e. The van der Waals surface area contributed by atoms with Crippen LogP contribution in [0.4, 0.5) is 0 Å². The van der Waals surface area contributed by atoms with Crippen molar-refractivity contribution < 1.29 is 0 Å². The molecule has 0 bridgehead atoms. The molecule has 5 nitrogen and oxygen atoms in total. The highest BCUT2D eigenvalue weighted by Gasteiger charge is 2.12. The van der Waals surface area contributed by atoms with Gasteiger partial charge < -0.3 is 0 Å². The monoisotopic (exact) mass is 351 g/mol. The zero-order valence-corrected chi connectivity index (χ0v) is 14.9. The number of hydrogen-bond acceptors (Lipinski definition) is 4. The molecule has 0 atom stereocenters. The van der Waals surface area contributed by atoms with E-state index in [1.165, 1.54) is 5.56 Å². The van der Waals surface area contributed by atoms with Crippen molar-refractivity contribution in [3.8, 4) is 11.3 Å². The van der Waals surface area contributed by atoms with Gasteiger partial charge in [0.1, 0.15) is 0 Å². The Morgan fingerprint density at radius 2 is 1.81 bits per heavy atom. The Morgan fingerprint density at radius 1 is 0.926 bits per heavy atom. The van der Waals surface area contributed by atoms with Crippen molar-refractivity contribution in [1.82, 2.24) is 24.8 Å². The first-order valence-electron chi connectivity index (χ1n) is 8.89. The van der Waals surface area contributed by atoms with Crippen molar-refractivity contribution in [3.05, 3.63) is 89.0 Å². The van der Waals surface area contributed by atoms with Crippen molar-refractivity contribution in [1.29, 1.82) is 0 Å². The smallest absolute Gasteiger partial charge is 0.178 e. The molecule has 0 N–H and O–H groups in total. The lowest BCUT2D eigenvalue weighted by Gasteiger charge is -2.12. The summed E-state index contributed by atoms with van der Waals surface area (Å²) in [6.45, 7) is 2.01. The van der Waals surface area contributed by atoms with Crippen LogP contribution < -0.4 is 0 Å². The van der Waals surface area contributed by atoms with Gasteiger partial charge in [-0.15, -0.1) is 10.2 Å². The van der Waals surface area contributed by atoms with Crippen LogP contribution in [-0.4, -0.2) is 24.8 Å². The Hall–Kier alpha value is -3.60. The third-order valence-electron chi connectivity index (χ3n) is 4.67. The molecule has 0 unspecified atom stereocenters. The Kier molecular flexibility index (Phi) is 3.64. The molecule has 0 saturated heterocycles. The van der Waals surface area contributed by atoms with Crippen LogP contribution in [0.2, 0.25) is 0 Å². The van der Waals surface area contributed by atoms with Crippen LogP contribution in [0, 0.1) is 6.92 Å². The number of aryl methyl sites for hydroxylation is 1. The van der Waals surface area contributed by atoms with Crippen molar-refractivity contribution in [2.75, 3.05) is 0 Å². The van der Waals surface area contributed by atoms with Gasteiger partial charge in [0.15, 0.2) is 11.5 Å². The van der Waals surface area contributed by atoms with Crippen molar-refractivity contribution in [2.24, 2.45) is 0 Å². The third kappa shape index (κ3) is 2.93. The highest BCUT2D eigenvalue weighted by Crippen LogP contribution is 2.23. The van der Waals surface area contributed by atoms with Crippen molar-refractivity contribution >= 4 is 17.8 Å². The van der Waals surface area contributed by atoms with Crippen LogP contribution in [0.15, 0.2) is 66.2 Å². The lowest BCUT2D eigenvalue weighted by molar-refractivity contribution is 0.916. The average Bonchev–Trinajstić information content (AvgIpc) is 3.11. The summed E-state index contributed by atoms with van der Waals surface area (Å²) in [5.41, 5.74) is 7.16. The molecule has 0 amide bonds. The topological polar surface area (TPSA) is 56.0 Å². The minimum absolute atomic E-state index is 0.728. The lowest BCUT2D eigenvalue weighted by Crippen LogP contribution is -2.02. The van der Waals surface area contributed by atoms with E-state index < -0.39 is 0 Å². The van der Waals surface area contributed by atoms with Gasteiger partial charge in [-0.25, -0.2) is 0 Å². The zero-order chi connectivity index (χ0) is 18.2. The molecule has 1 aromatic carbocycles. The van der Waals surface area contributed by atoms with Crippen molar-refractivity contribution in [2.45, 2.75) is 13.3 Å². The maximum Gasteiger partial charge on any atom is 0.178 e. The summed E-state index contributed by atoms with van der Waals surface area (Å²) in [6.07, 6.45) is 7.02. The number of benzene rings is 1. The molecule has 0 aliphatic heterocycles. The molecule has 5 rings (SSSR count). The van der Waals surface area contributed by atoms with Crippen LogP contribution in [0.5, 0.6) is 0 Å². The normalized spacial score (nSPS) is 14.6. The second kappa shape index (κ2) is 6.29. The molecule has 130 valence electrons. The van der Waals surface area contributed by atoms with Gasteiger partial charge in [-0.1, -0.05) is 42.5 Å². The summed E-state index contributed by atoms with van der Waals surface area (Å²) >= 11 is 0. The quantitative estimate of drug-likeness (QED) is 0.544. The van der Waals surface area contributed by atoms with E-state index in [-0.39, 0.29) is 0 Å². The number of rotatable bonds is 2. The van der Waals surface area contributed by atoms with Crippen LogP contribution in [0.25, 0.3) is 29.1 Å². The van der Waals surface area contributed by atoms with E-state index in [1.807, 2.05) is 55.5 Å². The van der Waals surface area contributed by atoms with Gasteiger partial charge in [0, 0.05) is 11.3 Å². The Balaban J connectivity index is 1.54. The fourth-order valence-corrected chi connectivity index (χ4v) is 3.29. The summed E-state index contributed by atoms with van der Waals surface area (Å²) in [7, 11) is 0. The van der Waals surface area contributed by atoms with Gasteiger partial charge in [0.05, 0.1) is 11.4 Å². The van der Waals surface area contributed by atoms with E-state index in [0.29, 0.717) is 0 Å². The molecule has 27 heavy (non-hydrogen) atoms. The summed E-state index contributed by atoms with van der Waals surface area (Å²) in [6, 6.07) is 18.2. The Morgan fingerprint density at radius 3 is 2.70 bits per heavy atom. The summed E-state index contributed by atoms with van der Waals surface area (Å²) < 4.78 is 1.80. The predicted octanol–water partition coefficient (Wildman–Crippen LogP) is 4.15. The van der Waals surface area contributed by atoms with E-state index in [0.717, 1.165) is 46.1 Å². The van der Waals surface area contributed by atoms with Crippen molar-refractivity contribution in [3.63, 3.8) is 0 Å². The molecule has 4 aromatic rings. The average molecular weight is 351 g/mol. The number of aromatic nitrogens is 5. The molecule has 5 heteroatoms. The first-order chi connectivity index (χ1) is 13.3. The predicted molar refractivity (Wildman–Crippen MR) is 106 cm³/mol. The second-order valence-electron chi connectivity index (χ2n) is 6.64. The molecular formula is C22H17N5. The van der Waals surface area contributed by atoms with Gasteiger partial charge in [0.25, 0.3) is 0 Å². The van der Waals surface area contributed by atoms with E-state index in [9.17, 15) is 0 Å². The number of pyridine rings is 1. The van der Waals surface area contributed by atoms with E-state index >= 15 is 0 Å². The highest BCUT2D eigenvalue weighted by molar-refractivity contribution is 5.66. The Labute approximate surface area is 156 Å². The zero-order valence-electron chi connectivity index (χ0n) is 14.9. The summed E-state index contributed by atoms with van der Waals surface area (Å²) in [5.74, 6) is 0.728. The molecule has 1 aliphatic rings. The lowest BCUT2D eigenvalue weighted by atomic mass is 9.97. The molecule has 0 saturated carbocycles. The fourth-order valence-electron chi connectivity index (χ4n) is 3.29. The molecule has 0 spiro atoms. The van der Waals surface area contributed by atoms with Gasteiger partial charge in [-0.2, -0.15) is 9.61 Å². The van der Waals surface area contributed by atoms with Gasteiger partial charge >= 0.3 is 0 Å². The molecule has 0 fully saturated rings. The molecule has 0 radical (unpaired) electrons. The van der Waals surface area contributed by atoms with Gasteiger partial charge in [0.2, 0.25) is 0 Å². The van der Waals surface area contributed by atoms with Gasteiger partial charge in [-0.3, -0.25) is 4.98 Å².